The van der Waals surface area contributed by atoms with E-state index in [0.717, 1.165) is 41.2 Å². The SMILES string of the molecule is CCCC[C@]1(c2ccccc2[S@@](=O)c2ccccc2)CO1.[C-]#[O+].[C-]#[O+].[C-]#[O+].[Cr]. The van der Waals surface area contributed by atoms with Crippen molar-refractivity contribution in [3.8, 4) is 0 Å². The van der Waals surface area contributed by atoms with Gasteiger partial charge in [0.05, 0.1) is 17.4 Å². The second-order valence-electron chi connectivity index (χ2n) is 5.46. The largest absolute Gasteiger partial charge is 0 e. The van der Waals surface area contributed by atoms with E-state index in [0.29, 0.717) is 0 Å². The molecule has 2 aromatic rings. The Labute approximate surface area is 179 Å². The predicted molar refractivity (Wildman–Crippen MR) is 96.5 cm³/mol. The van der Waals surface area contributed by atoms with E-state index >= 15 is 0 Å². The van der Waals surface area contributed by atoms with Gasteiger partial charge in [-0.3, -0.25) is 0 Å². The van der Waals surface area contributed by atoms with Gasteiger partial charge in [0, 0.05) is 32.7 Å². The fourth-order valence-corrected chi connectivity index (χ4v) is 3.97. The molecule has 0 amide bonds. The zero-order valence-corrected chi connectivity index (χ0v) is 17.5. The molecule has 5 nitrogen and oxygen atoms in total. The van der Waals surface area contributed by atoms with E-state index in [1.165, 1.54) is 0 Å². The van der Waals surface area contributed by atoms with Crippen molar-refractivity contribution in [2.75, 3.05) is 6.61 Å². The summed E-state index contributed by atoms with van der Waals surface area (Å²) in [5.74, 6) is 0. The van der Waals surface area contributed by atoms with Gasteiger partial charge in [-0.15, -0.1) is 0 Å². The summed E-state index contributed by atoms with van der Waals surface area (Å²) >= 11 is 0. The average Bonchev–Trinajstić information content (AvgIpc) is 3.57. The third-order valence-electron chi connectivity index (χ3n) is 3.96. The summed E-state index contributed by atoms with van der Waals surface area (Å²) in [6, 6.07) is 17.6. The van der Waals surface area contributed by atoms with Gasteiger partial charge in [-0.25, -0.2) is 4.21 Å². The summed E-state index contributed by atoms with van der Waals surface area (Å²) in [7, 11) is -1.15. The third-order valence-corrected chi connectivity index (χ3v) is 5.42. The Bertz CT molecular complexity index is 753. The van der Waals surface area contributed by atoms with Crippen LogP contribution in [0.3, 0.4) is 0 Å². The molecule has 0 radical (unpaired) electrons. The van der Waals surface area contributed by atoms with E-state index in [9.17, 15) is 4.21 Å². The van der Waals surface area contributed by atoms with E-state index in [-0.39, 0.29) is 23.0 Å². The second-order valence-corrected chi connectivity index (χ2v) is 6.91. The van der Waals surface area contributed by atoms with Gasteiger partial charge in [0.25, 0.3) is 0 Å². The van der Waals surface area contributed by atoms with Crippen LogP contribution in [-0.4, -0.2) is 10.8 Å². The maximum atomic E-state index is 12.9. The maximum absolute atomic E-state index is 12.9. The predicted octanol–water partition coefficient (Wildman–Crippen LogP) is 4.15. The van der Waals surface area contributed by atoms with Crippen molar-refractivity contribution in [2.45, 2.75) is 41.6 Å². The van der Waals surface area contributed by atoms with Crippen LogP contribution in [0.2, 0.25) is 0 Å². The topological polar surface area (TPSA) is 89.3 Å². The molecule has 146 valence electrons. The molecule has 2 atom stereocenters. The van der Waals surface area contributed by atoms with Crippen molar-refractivity contribution < 1.29 is 40.3 Å². The van der Waals surface area contributed by atoms with Gasteiger partial charge in [0.2, 0.25) is 0 Å². The summed E-state index contributed by atoms with van der Waals surface area (Å²) in [6.07, 6.45) is 3.29. The van der Waals surface area contributed by atoms with Crippen LogP contribution in [0.25, 0.3) is 0 Å². The quantitative estimate of drug-likeness (QED) is 0.387. The molecule has 0 unspecified atom stereocenters. The van der Waals surface area contributed by atoms with Crippen molar-refractivity contribution in [1.29, 1.82) is 0 Å². The van der Waals surface area contributed by atoms with Gasteiger partial charge in [-0.1, -0.05) is 56.2 Å². The van der Waals surface area contributed by atoms with Crippen LogP contribution < -0.4 is 0 Å². The minimum atomic E-state index is -1.15. The van der Waals surface area contributed by atoms with E-state index in [1.807, 2.05) is 48.5 Å². The Hall–Kier alpha value is -1.70. The molecular weight excluding hydrogens is 416 g/mol. The standard InChI is InChI=1S/C18H20O2S.3CO.Cr/c1-2-3-13-18(14-20-18)16-11-7-8-12-17(16)21(19)15-9-5-4-6-10-15;3*1-2;/h4-12H,2-3,13-14H2,1H3;;;;/t18-,21+;;;;/m1..../s1. The minimum Gasteiger partial charge on any atom is 0 e. The summed E-state index contributed by atoms with van der Waals surface area (Å²) in [6.45, 7) is 16.4. The maximum Gasteiger partial charge on any atom is 0 e. The molecule has 28 heavy (non-hydrogen) atoms. The second kappa shape index (κ2) is 16.3. The Morgan fingerprint density at radius 3 is 1.96 bits per heavy atom. The molecule has 3 rings (SSSR count). The number of hydrogen-bond acceptors (Lipinski definition) is 2. The summed E-state index contributed by atoms with van der Waals surface area (Å²) < 4.78 is 41.1. The summed E-state index contributed by atoms with van der Waals surface area (Å²) in [5.41, 5.74) is 0.900. The van der Waals surface area contributed by atoms with Crippen LogP contribution in [0.15, 0.2) is 64.4 Å². The number of epoxide rings is 1. The number of rotatable bonds is 6. The summed E-state index contributed by atoms with van der Waals surface area (Å²) in [4.78, 5) is 1.73. The van der Waals surface area contributed by atoms with Crippen molar-refractivity contribution >= 4 is 10.8 Å². The molecule has 0 N–H and O–H groups in total. The van der Waals surface area contributed by atoms with Crippen LogP contribution in [0.5, 0.6) is 0 Å². The number of unbranched alkanes of at least 4 members (excludes halogenated alkanes) is 1. The minimum absolute atomic E-state index is 0. The first-order chi connectivity index (χ1) is 13.3. The van der Waals surface area contributed by atoms with Gasteiger partial charge < -0.3 is 4.74 Å². The molecule has 2 aromatic carbocycles. The molecule has 0 bridgehead atoms. The van der Waals surface area contributed by atoms with Crippen molar-refractivity contribution in [2.24, 2.45) is 0 Å². The molecule has 7 heteroatoms. The molecule has 1 saturated heterocycles. The smallest absolute Gasteiger partial charge is 0 e. The number of benzene rings is 2. The fourth-order valence-electron chi connectivity index (χ4n) is 2.66. The van der Waals surface area contributed by atoms with Crippen LogP contribution in [0.4, 0.5) is 0 Å². The monoisotopic (exact) mass is 436 g/mol. The van der Waals surface area contributed by atoms with Gasteiger partial charge in [0.15, 0.2) is 0 Å². The Morgan fingerprint density at radius 1 is 0.964 bits per heavy atom. The van der Waals surface area contributed by atoms with Crippen LogP contribution in [0.1, 0.15) is 31.7 Å². The average molecular weight is 436 g/mol. The molecule has 0 saturated carbocycles. The molecule has 0 aliphatic carbocycles. The zero-order valence-electron chi connectivity index (χ0n) is 15.4. The van der Waals surface area contributed by atoms with E-state index in [4.69, 9.17) is 18.7 Å². The molecule has 1 aliphatic rings. The van der Waals surface area contributed by atoms with E-state index < -0.39 is 10.8 Å². The van der Waals surface area contributed by atoms with E-state index in [2.05, 4.69) is 32.9 Å². The third kappa shape index (κ3) is 7.74. The van der Waals surface area contributed by atoms with Gasteiger partial charge >= 0.3 is 33.9 Å². The molecular formula is C21H20CrO5S. The van der Waals surface area contributed by atoms with Crippen LogP contribution in [0, 0.1) is 20.0 Å². The zero-order chi connectivity index (χ0) is 20.7. The Balaban J connectivity index is 0. The first-order valence-corrected chi connectivity index (χ1v) is 9.23. The molecule has 1 fully saturated rings. The van der Waals surface area contributed by atoms with Crippen LogP contribution >= 0.6 is 0 Å². The molecule has 0 spiro atoms. The first kappa shape index (κ1) is 28.5. The van der Waals surface area contributed by atoms with Crippen molar-refractivity contribution in [3.05, 3.63) is 80.1 Å². The van der Waals surface area contributed by atoms with Crippen LogP contribution in [-0.2, 0) is 52.5 Å². The van der Waals surface area contributed by atoms with Gasteiger partial charge in [0.1, 0.15) is 5.60 Å². The van der Waals surface area contributed by atoms with Gasteiger partial charge in [-0.05, 0) is 24.6 Å². The fraction of sp³-hybridized carbons (Fsp3) is 0.286. The normalized spacial score (nSPS) is 16.7. The van der Waals surface area contributed by atoms with Crippen molar-refractivity contribution in [3.63, 3.8) is 0 Å². The molecule has 1 heterocycles. The van der Waals surface area contributed by atoms with E-state index in [1.54, 1.807) is 0 Å². The number of hydrogen-bond donors (Lipinski definition) is 0. The number of ether oxygens (including phenoxy) is 1. The van der Waals surface area contributed by atoms with Gasteiger partial charge in [-0.2, -0.15) is 0 Å². The molecule has 0 aromatic heterocycles. The first-order valence-electron chi connectivity index (χ1n) is 8.08. The molecule has 1 aliphatic heterocycles. The summed E-state index contributed by atoms with van der Waals surface area (Å²) in [5, 5.41) is 0. The van der Waals surface area contributed by atoms with Crippen molar-refractivity contribution in [1.82, 2.24) is 0 Å². The Kier molecular flexibility index (Phi) is 16.6. The Morgan fingerprint density at radius 2 is 1.46 bits per heavy atom.